The van der Waals surface area contributed by atoms with Gasteiger partial charge in [0.1, 0.15) is 6.29 Å². The van der Waals surface area contributed by atoms with Gasteiger partial charge in [-0.3, -0.25) is 9.59 Å². The molecule has 6 heteroatoms. The van der Waals surface area contributed by atoms with Gasteiger partial charge in [-0.15, -0.1) is 0 Å². The van der Waals surface area contributed by atoms with E-state index in [1.54, 1.807) is 27.7 Å². The second-order valence-corrected chi connectivity index (χ2v) is 9.34. The van der Waals surface area contributed by atoms with E-state index in [2.05, 4.69) is 4.90 Å². The Hall–Kier alpha value is -3.15. The Morgan fingerprint density at radius 2 is 1.55 bits per heavy atom. The van der Waals surface area contributed by atoms with Crippen LogP contribution in [-0.4, -0.2) is 37.0 Å². The molecule has 2 aliphatic heterocycles. The molecule has 2 atom stereocenters. The normalized spacial score (nSPS) is 20.5. The quantitative estimate of drug-likeness (QED) is 0.371. The Morgan fingerprint density at radius 3 is 2.15 bits per heavy atom. The zero-order chi connectivity index (χ0) is 23.8. The average Bonchev–Trinajstić information content (AvgIpc) is 2.78. The van der Waals surface area contributed by atoms with Crippen LogP contribution >= 0.6 is 0 Å². The van der Waals surface area contributed by atoms with Crippen LogP contribution < -0.4 is 4.90 Å². The summed E-state index contributed by atoms with van der Waals surface area (Å²) < 4.78 is 11.5. The molecule has 33 heavy (non-hydrogen) atoms. The Kier molecular flexibility index (Phi) is 6.28. The molecule has 4 rings (SSSR count). The summed E-state index contributed by atoms with van der Waals surface area (Å²) in [6, 6.07) is 15.0. The molecule has 0 fully saturated rings. The van der Waals surface area contributed by atoms with Crippen molar-refractivity contribution < 1.29 is 23.9 Å². The van der Waals surface area contributed by atoms with E-state index in [9.17, 15) is 14.4 Å². The molecule has 1 unspecified atom stereocenters. The highest BCUT2D eigenvalue weighted by atomic mass is 16.6. The van der Waals surface area contributed by atoms with Gasteiger partial charge < -0.3 is 19.2 Å². The number of carbonyl (C=O) groups is 3. The molecule has 6 nitrogen and oxygen atoms in total. The van der Waals surface area contributed by atoms with Gasteiger partial charge in [0.2, 0.25) is 0 Å². The van der Waals surface area contributed by atoms with Crippen LogP contribution in [0.2, 0.25) is 0 Å². The highest BCUT2D eigenvalue weighted by molar-refractivity contribution is 6.04. The maximum absolute atomic E-state index is 14.0. The van der Waals surface area contributed by atoms with Crippen molar-refractivity contribution in [1.29, 1.82) is 0 Å². The first-order chi connectivity index (χ1) is 15.8. The van der Waals surface area contributed by atoms with E-state index in [0.29, 0.717) is 6.54 Å². The van der Waals surface area contributed by atoms with Crippen molar-refractivity contribution in [3.63, 3.8) is 0 Å². The Balaban J connectivity index is 2.07. The number of nitrogens with zero attached hydrogens (tertiary/aromatic N) is 1. The molecule has 0 bridgehead atoms. The lowest BCUT2D eigenvalue weighted by molar-refractivity contribution is -0.182. The molecular weight excluding hydrogens is 418 g/mol. The van der Waals surface area contributed by atoms with Crippen LogP contribution in [0.5, 0.6) is 0 Å². The fraction of sp³-hybridized carbons (Fsp3) is 0.444. The minimum absolute atomic E-state index is 0.00388. The smallest absolute Gasteiger partial charge is 0.326 e. The number of benzene rings is 2. The van der Waals surface area contributed by atoms with Gasteiger partial charge in [-0.05, 0) is 56.9 Å². The van der Waals surface area contributed by atoms with Crippen LogP contribution in [0.1, 0.15) is 62.8 Å². The van der Waals surface area contributed by atoms with E-state index in [1.807, 2.05) is 48.5 Å². The SMILES string of the molecule is CC(C)OC(=O)C1(C(=O)OC(C)C)C2c3ccccc3CCN2c2ccccc2[C@@H]1CC=O. The molecule has 0 radical (unpaired) electrons. The largest absolute Gasteiger partial charge is 0.462 e. The van der Waals surface area contributed by atoms with Crippen LogP contribution in [0, 0.1) is 5.41 Å². The first-order valence-corrected chi connectivity index (χ1v) is 11.6. The lowest BCUT2D eigenvalue weighted by atomic mass is 9.59. The summed E-state index contributed by atoms with van der Waals surface area (Å²) in [4.78, 5) is 42.2. The van der Waals surface area contributed by atoms with Gasteiger partial charge in [0.25, 0.3) is 0 Å². The first-order valence-electron chi connectivity index (χ1n) is 11.6. The summed E-state index contributed by atoms with van der Waals surface area (Å²) in [5, 5.41) is 0. The number of esters is 2. The maximum atomic E-state index is 14.0. The van der Waals surface area contributed by atoms with Crippen molar-refractivity contribution >= 4 is 23.9 Å². The highest BCUT2D eigenvalue weighted by Crippen LogP contribution is 2.60. The fourth-order valence-corrected chi connectivity index (χ4v) is 5.42. The number of aldehydes is 1. The van der Waals surface area contributed by atoms with Crippen LogP contribution in [0.3, 0.4) is 0 Å². The summed E-state index contributed by atoms with van der Waals surface area (Å²) in [7, 11) is 0. The highest BCUT2D eigenvalue weighted by Gasteiger charge is 2.66. The number of hydrogen-bond acceptors (Lipinski definition) is 6. The monoisotopic (exact) mass is 449 g/mol. The number of fused-ring (bicyclic) bond motifs is 5. The number of rotatable bonds is 6. The predicted octanol–water partition coefficient (Wildman–Crippen LogP) is 4.37. The zero-order valence-electron chi connectivity index (χ0n) is 19.6. The van der Waals surface area contributed by atoms with Gasteiger partial charge in [0, 0.05) is 24.6 Å². The van der Waals surface area contributed by atoms with Crippen LogP contribution in [0.25, 0.3) is 0 Å². The van der Waals surface area contributed by atoms with Gasteiger partial charge in [-0.2, -0.15) is 0 Å². The van der Waals surface area contributed by atoms with E-state index in [-0.39, 0.29) is 6.42 Å². The van der Waals surface area contributed by atoms with Crippen molar-refractivity contribution in [3.8, 4) is 0 Å². The summed E-state index contributed by atoms with van der Waals surface area (Å²) in [6.07, 6.45) is 0.717. The molecule has 0 aromatic heterocycles. The number of carbonyl (C=O) groups excluding carboxylic acids is 3. The Morgan fingerprint density at radius 1 is 0.970 bits per heavy atom. The molecular formula is C27H31NO5. The van der Waals surface area contributed by atoms with E-state index in [0.717, 1.165) is 35.1 Å². The van der Waals surface area contributed by atoms with Gasteiger partial charge in [0.15, 0.2) is 5.41 Å². The number of hydrogen-bond donors (Lipinski definition) is 0. The minimum Gasteiger partial charge on any atom is -0.462 e. The number of ether oxygens (including phenoxy) is 2. The van der Waals surface area contributed by atoms with Crippen LogP contribution in [-0.2, 0) is 30.3 Å². The van der Waals surface area contributed by atoms with Crippen molar-refractivity contribution in [3.05, 3.63) is 65.2 Å². The number of anilines is 1. The maximum Gasteiger partial charge on any atom is 0.326 e. The van der Waals surface area contributed by atoms with E-state index >= 15 is 0 Å². The molecule has 2 aromatic carbocycles. The zero-order valence-corrected chi connectivity index (χ0v) is 19.6. The van der Waals surface area contributed by atoms with Crippen molar-refractivity contribution in [2.24, 2.45) is 5.41 Å². The summed E-state index contributed by atoms with van der Waals surface area (Å²) >= 11 is 0. The third-order valence-electron chi connectivity index (χ3n) is 6.58. The lowest BCUT2D eigenvalue weighted by Gasteiger charge is -2.54. The Bertz CT molecular complexity index is 1040. The molecule has 0 N–H and O–H groups in total. The molecule has 0 saturated carbocycles. The molecule has 174 valence electrons. The molecule has 0 amide bonds. The van der Waals surface area contributed by atoms with Gasteiger partial charge in [0.05, 0.1) is 18.2 Å². The van der Waals surface area contributed by atoms with Gasteiger partial charge in [-0.1, -0.05) is 42.5 Å². The third kappa shape index (κ3) is 3.71. The summed E-state index contributed by atoms with van der Waals surface area (Å²) in [5.41, 5.74) is 1.99. The second-order valence-electron chi connectivity index (χ2n) is 9.34. The second kappa shape index (κ2) is 9.00. The Labute approximate surface area is 194 Å². The van der Waals surface area contributed by atoms with E-state index in [1.165, 1.54) is 0 Å². The molecule has 0 spiro atoms. The molecule has 2 aromatic rings. The molecule has 0 aliphatic carbocycles. The fourth-order valence-electron chi connectivity index (χ4n) is 5.42. The van der Waals surface area contributed by atoms with E-state index in [4.69, 9.17) is 9.47 Å². The predicted molar refractivity (Wildman–Crippen MR) is 125 cm³/mol. The topological polar surface area (TPSA) is 72.9 Å². The average molecular weight is 450 g/mol. The van der Waals surface area contributed by atoms with Crippen molar-refractivity contribution in [1.82, 2.24) is 0 Å². The molecule has 2 aliphatic rings. The van der Waals surface area contributed by atoms with Gasteiger partial charge >= 0.3 is 11.9 Å². The minimum atomic E-state index is -1.72. The van der Waals surface area contributed by atoms with Crippen molar-refractivity contribution in [2.45, 2.75) is 64.7 Å². The van der Waals surface area contributed by atoms with Gasteiger partial charge in [-0.25, -0.2) is 0 Å². The van der Waals surface area contributed by atoms with Crippen LogP contribution in [0.15, 0.2) is 48.5 Å². The van der Waals surface area contributed by atoms with E-state index < -0.39 is 41.5 Å². The van der Waals surface area contributed by atoms with Crippen LogP contribution in [0.4, 0.5) is 5.69 Å². The lowest BCUT2D eigenvalue weighted by Crippen LogP contribution is -2.60. The third-order valence-corrected chi connectivity index (χ3v) is 6.58. The number of para-hydroxylation sites is 1. The summed E-state index contributed by atoms with van der Waals surface area (Å²) in [6.45, 7) is 7.68. The summed E-state index contributed by atoms with van der Waals surface area (Å²) in [5.74, 6) is -2.00. The standard InChI is InChI=1S/C27H31NO5/c1-17(2)32-25(30)27(26(31)33-18(3)4)22(14-16-29)21-11-7-8-12-23(21)28-15-13-19-9-5-6-10-20(19)24(27)28/h5-12,16-18,22,24H,13-15H2,1-4H3/t22-,24?/m0/s1. The molecule has 2 heterocycles. The first kappa shape index (κ1) is 23.0. The van der Waals surface area contributed by atoms with Crippen molar-refractivity contribution in [2.75, 3.05) is 11.4 Å². The molecule has 0 saturated heterocycles.